The first-order valence-corrected chi connectivity index (χ1v) is 9.12. The van der Waals surface area contributed by atoms with E-state index < -0.39 is 6.04 Å². The SMILES string of the molecule is Cn1cc(-c2ccnc3c2ccn3C)cc1C(=O)N[C@H](CO)c1ccccc1. The highest BCUT2D eigenvalue weighted by atomic mass is 16.3. The van der Waals surface area contributed by atoms with Crippen molar-refractivity contribution in [3.63, 3.8) is 0 Å². The summed E-state index contributed by atoms with van der Waals surface area (Å²) >= 11 is 0. The molecule has 0 aliphatic rings. The number of rotatable bonds is 5. The van der Waals surface area contributed by atoms with Gasteiger partial charge in [0.2, 0.25) is 0 Å². The van der Waals surface area contributed by atoms with E-state index in [2.05, 4.69) is 10.3 Å². The van der Waals surface area contributed by atoms with Gasteiger partial charge in [-0.15, -0.1) is 0 Å². The number of nitrogens with zero attached hydrogens (tertiary/aromatic N) is 3. The van der Waals surface area contributed by atoms with E-state index in [-0.39, 0.29) is 12.5 Å². The van der Waals surface area contributed by atoms with Gasteiger partial charge >= 0.3 is 0 Å². The molecule has 0 aliphatic heterocycles. The fraction of sp³-hybridized carbons (Fsp3) is 0.182. The summed E-state index contributed by atoms with van der Waals surface area (Å²) in [6.07, 6.45) is 5.69. The Morgan fingerprint density at radius 1 is 1.14 bits per heavy atom. The van der Waals surface area contributed by atoms with Crippen LogP contribution in [0.2, 0.25) is 0 Å². The molecule has 0 spiro atoms. The Hall–Kier alpha value is -3.38. The number of carbonyl (C=O) groups excluding carboxylic acids is 1. The molecule has 3 heterocycles. The molecule has 1 amide bonds. The average molecular weight is 374 g/mol. The Balaban J connectivity index is 1.65. The van der Waals surface area contributed by atoms with Crippen LogP contribution >= 0.6 is 0 Å². The summed E-state index contributed by atoms with van der Waals surface area (Å²) in [5, 5.41) is 13.7. The van der Waals surface area contributed by atoms with E-state index in [1.54, 1.807) is 10.8 Å². The molecule has 2 N–H and O–H groups in total. The first-order valence-electron chi connectivity index (χ1n) is 9.12. The Morgan fingerprint density at radius 2 is 1.93 bits per heavy atom. The number of fused-ring (bicyclic) bond motifs is 1. The molecule has 0 unspecified atom stereocenters. The van der Waals surface area contributed by atoms with E-state index in [0.29, 0.717) is 5.69 Å². The maximum Gasteiger partial charge on any atom is 0.268 e. The molecule has 4 rings (SSSR count). The van der Waals surface area contributed by atoms with Crippen molar-refractivity contribution in [2.75, 3.05) is 6.61 Å². The fourth-order valence-electron chi connectivity index (χ4n) is 3.51. The van der Waals surface area contributed by atoms with E-state index in [4.69, 9.17) is 0 Å². The van der Waals surface area contributed by atoms with Crippen LogP contribution in [0.25, 0.3) is 22.2 Å². The van der Waals surface area contributed by atoms with Crippen molar-refractivity contribution in [2.45, 2.75) is 6.04 Å². The molecule has 0 radical (unpaired) electrons. The van der Waals surface area contributed by atoms with Gasteiger partial charge in [0.15, 0.2) is 0 Å². The Morgan fingerprint density at radius 3 is 2.68 bits per heavy atom. The van der Waals surface area contributed by atoms with Gasteiger partial charge in [0.05, 0.1) is 12.6 Å². The van der Waals surface area contributed by atoms with E-state index in [1.807, 2.05) is 79.6 Å². The quantitative estimate of drug-likeness (QED) is 0.564. The third kappa shape index (κ3) is 3.18. The van der Waals surface area contributed by atoms with Gasteiger partial charge in [-0.05, 0) is 29.3 Å². The number of amides is 1. The van der Waals surface area contributed by atoms with Crippen molar-refractivity contribution in [2.24, 2.45) is 14.1 Å². The van der Waals surface area contributed by atoms with Gasteiger partial charge in [0.25, 0.3) is 5.91 Å². The Labute approximate surface area is 163 Å². The largest absolute Gasteiger partial charge is 0.394 e. The van der Waals surface area contributed by atoms with E-state index in [0.717, 1.165) is 27.7 Å². The maximum absolute atomic E-state index is 12.9. The number of aliphatic hydroxyl groups excluding tert-OH is 1. The first kappa shape index (κ1) is 18.0. The van der Waals surface area contributed by atoms with Crippen molar-refractivity contribution < 1.29 is 9.90 Å². The number of pyridine rings is 1. The van der Waals surface area contributed by atoms with Gasteiger partial charge in [-0.1, -0.05) is 30.3 Å². The molecule has 0 saturated carbocycles. The van der Waals surface area contributed by atoms with Crippen LogP contribution in [0.15, 0.2) is 67.1 Å². The van der Waals surface area contributed by atoms with Gasteiger partial charge in [-0.2, -0.15) is 0 Å². The highest BCUT2D eigenvalue weighted by molar-refractivity contribution is 5.98. The second-order valence-electron chi connectivity index (χ2n) is 6.87. The number of aromatic nitrogens is 3. The minimum absolute atomic E-state index is 0.165. The second kappa shape index (κ2) is 7.32. The number of hydrogen-bond acceptors (Lipinski definition) is 3. The predicted octanol–water partition coefficient (Wildman–Crippen LogP) is 3.04. The zero-order valence-electron chi connectivity index (χ0n) is 15.8. The van der Waals surface area contributed by atoms with Crippen LogP contribution in [0.1, 0.15) is 22.1 Å². The van der Waals surface area contributed by atoms with Gasteiger partial charge < -0.3 is 19.6 Å². The van der Waals surface area contributed by atoms with Crippen LogP contribution in [0.4, 0.5) is 0 Å². The lowest BCUT2D eigenvalue weighted by atomic mass is 10.1. The highest BCUT2D eigenvalue weighted by Crippen LogP contribution is 2.29. The van der Waals surface area contributed by atoms with Gasteiger partial charge in [-0.3, -0.25) is 4.79 Å². The topological polar surface area (TPSA) is 72.1 Å². The molecule has 6 nitrogen and oxygen atoms in total. The van der Waals surface area contributed by atoms with Crippen LogP contribution in [-0.4, -0.2) is 31.7 Å². The molecule has 0 fully saturated rings. The van der Waals surface area contributed by atoms with Crippen LogP contribution in [0.3, 0.4) is 0 Å². The van der Waals surface area contributed by atoms with Gasteiger partial charge in [-0.25, -0.2) is 4.98 Å². The molecular weight excluding hydrogens is 352 g/mol. The van der Waals surface area contributed by atoms with Crippen LogP contribution in [0.5, 0.6) is 0 Å². The molecule has 4 aromatic rings. The number of benzene rings is 1. The second-order valence-corrected chi connectivity index (χ2v) is 6.87. The van der Waals surface area contributed by atoms with E-state index in [1.165, 1.54) is 0 Å². The number of hydrogen-bond donors (Lipinski definition) is 2. The standard InChI is InChI=1S/C22H22N4O2/c1-25-11-9-18-17(8-10-23-21(18)25)16-12-20(26(2)13-16)22(28)24-19(14-27)15-6-4-3-5-7-15/h3-13,19,27H,14H2,1-2H3,(H,24,28)/t19-/m1/s1. The summed E-state index contributed by atoms with van der Waals surface area (Å²) in [6.45, 7) is -0.165. The summed E-state index contributed by atoms with van der Waals surface area (Å²) in [5.41, 5.74) is 4.28. The molecule has 0 bridgehead atoms. The molecule has 3 aromatic heterocycles. The minimum atomic E-state index is -0.450. The summed E-state index contributed by atoms with van der Waals surface area (Å²) < 4.78 is 3.78. The Bertz CT molecular complexity index is 1130. The van der Waals surface area contributed by atoms with Crippen molar-refractivity contribution in [3.05, 3.63) is 78.4 Å². The number of aryl methyl sites for hydroxylation is 2. The minimum Gasteiger partial charge on any atom is -0.394 e. The molecule has 6 heteroatoms. The molecule has 0 aliphatic carbocycles. The lowest BCUT2D eigenvalue weighted by Gasteiger charge is -2.16. The summed E-state index contributed by atoms with van der Waals surface area (Å²) in [7, 11) is 3.81. The maximum atomic E-state index is 12.9. The van der Waals surface area contributed by atoms with E-state index in [9.17, 15) is 9.90 Å². The molecule has 28 heavy (non-hydrogen) atoms. The van der Waals surface area contributed by atoms with E-state index >= 15 is 0 Å². The average Bonchev–Trinajstić information content (AvgIpc) is 3.29. The molecule has 1 atom stereocenters. The summed E-state index contributed by atoms with van der Waals surface area (Å²) in [4.78, 5) is 17.3. The fourth-order valence-corrected chi connectivity index (χ4v) is 3.51. The molecule has 1 aromatic carbocycles. The third-order valence-electron chi connectivity index (χ3n) is 5.01. The predicted molar refractivity (Wildman–Crippen MR) is 109 cm³/mol. The van der Waals surface area contributed by atoms with Crippen LogP contribution < -0.4 is 5.32 Å². The van der Waals surface area contributed by atoms with Crippen molar-refractivity contribution in [3.8, 4) is 11.1 Å². The zero-order chi connectivity index (χ0) is 19.7. The zero-order valence-corrected chi connectivity index (χ0v) is 15.8. The first-order chi connectivity index (χ1) is 13.6. The molecular formula is C22H22N4O2. The number of nitrogens with one attached hydrogen (secondary N) is 1. The molecule has 0 saturated heterocycles. The van der Waals surface area contributed by atoms with Crippen LogP contribution in [0, 0.1) is 0 Å². The van der Waals surface area contributed by atoms with Gasteiger partial charge in [0.1, 0.15) is 11.3 Å². The van der Waals surface area contributed by atoms with Crippen molar-refractivity contribution in [1.82, 2.24) is 19.4 Å². The normalized spacial score (nSPS) is 12.2. The molecule has 142 valence electrons. The van der Waals surface area contributed by atoms with Crippen LogP contribution in [-0.2, 0) is 14.1 Å². The number of aliphatic hydroxyl groups is 1. The smallest absolute Gasteiger partial charge is 0.268 e. The summed E-state index contributed by atoms with van der Waals surface area (Å²) in [6, 6.07) is 14.9. The third-order valence-corrected chi connectivity index (χ3v) is 5.01. The lowest BCUT2D eigenvalue weighted by molar-refractivity contribution is 0.0908. The monoisotopic (exact) mass is 374 g/mol. The summed E-state index contributed by atoms with van der Waals surface area (Å²) in [5.74, 6) is -0.227. The Kier molecular flexibility index (Phi) is 4.71. The highest BCUT2D eigenvalue weighted by Gasteiger charge is 2.19. The lowest BCUT2D eigenvalue weighted by Crippen LogP contribution is -2.31. The number of carbonyl (C=O) groups is 1. The van der Waals surface area contributed by atoms with Crippen molar-refractivity contribution in [1.29, 1.82) is 0 Å². The van der Waals surface area contributed by atoms with Crippen molar-refractivity contribution >= 4 is 16.9 Å². The van der Waals surface area contributed by atoms with Gasteiger partial charge in [0, 0.05) is 43.6 Å².